The first-order valence-corrected chi connectivity index (χ1v) is 8.16. The molecule has 0 bridgehead atoms. The number of aromatic nitrogens is 1. The molecule has 3 rings (SSSR count). The summed E-state index contributed by atoms with van der Waals surface area (Å²) in [5.74, 6) is 0.152. The number of hydrogen-bond acceptors (Lipinski definition) is 3. The molecule has 0 atom stereocenters. The van der Waals surface area contributed by atoms with Gasteiger partial charge in [-0.3, -0.25) is 9.78 Å². The van der Waals surface area contributed by atoms with Crippen LogP contribution < -0.4 is 5.32 Å². The van der Waals surface area contributed by atoms with E-state index in [1.165, 1.54) is 0 Å². The molecule has 0 saturated carbocycles. The molecule has 1 saturated heterocycles. The molecule has 1 amide bonds. The summed E-state index contributed by atoms with van der Waals surface area (Å²) in [6.45, 7) is 4.96. The topological polar surface area (TPSA) is 45.2 Å². The molecule has 1 aromatic heterocycles. The Morgan fingerprint density at radius 3 is 2.71 bits per heavy atom. The summed E-state index contributed by atoms with van der Waals surface area (Å²) in [5, 5.41) is 4.39. The molecule has 132 valence electrons. The maximum Gasteiger partial charge on any atom is 0.254 e. The summed E-state index contributed by atoms with van der Waals surface area (Å²) in [6, 6.07) is 10.1. The highest BCUT2D eigenvalue weighted by molar-refractivity contribution is 5.98. The average molecular weight is 370 g/mol. The summed E-state index contributed by atoms with van der Waals surface area (Å²) in [5.41, 5.74) is 1.70. The highest BCUT2D eigenvalue weighted by atomic mass is 35.5. The first-order chi connectivity index (χ1) is 10.8. The molecule has 0 unspecified atom stereocenters. The molecule has 1 fully saturated rings. The summed E-state index contributed by atoms with van der Waals surface area (Å²) in [4.78, 5) is 19.4. The zero-order valence-corrected chi connectivity index (χ0v) is 15.5. The third-order valence-corrected chi connectivity index (χ3v) is 4.32. The van der Waals surface area contributed by atoms with E-state index in [9.17, 15) is 4.79 Å². The lowest BCUT2D eigenvalue weighted by molar-refractivity contribution is 0.0643. The molecule has 0 radical (unpaired) electrons. The third kappa shape index (κ3) is 4.59. The number of amides is 1. The van der Waals surface area contributed by atoms with Crippen molar-refractivity contribution in [3.63, 3.8) is 0 Å². The number of benzene rings is 1. The van der Waals surface area contributed by atoms with Crippen LogP contribution >= 0.6 is 24.8 Å². The molecule has 24 heavy (non-hydrogen) atoms. The average Bonchev–Trinajstić information content (AvgIpc) is 2.59. The highest BCUT2D eigenvalue weighted by Crippen LogP contribution is 2.19. The van der Waals surface area contributed by atoms with Crippen molar-refractivity contribution in [2.24, 2.45) is 0 Å². The quantitative estimate of drug-likeness (QED) is 0.893. The standard InChI is InChI=1S/C18H23N3O.2ClH/c1-2-12-21(16-7-10-19-11-8-16)18(22)15-5-6-17-14(13-15)4-3-9-20-17;;/h3-6,9,13,16,19H,2,7-8,10-12H2,1H3;2*1H. The van der Waals surface area contributed by atoms with Crippen LogP contribution in [0.5, 0.6) is 0 Å². The van der Waals surface area contributed by atoms with E-state index < -0.39 is 0 Å². The fourth-order valence-electron chi connectivity index (χ4n) is 3.18. The van der Waals surface area contributed by atoms with Crippen molar-refractivity contribution in [1.29, 1.82) is 0 Å². The number of hydrogen-bond donors (Lipinski definition) is 1. The van der Waals surface area contributed by atoms with Gasteiger partial charge in [-0.25, -0.2) is 0 Å². The van der Waals surface area contributed by atoms with Crippen LogP contribution in [-0.4, -0.2) is 41.5 Å². The van der Waals surface area contributed by atoms with Gasteiger partial charge in [-0.2, -0.15) is 0 Å². The van der Waals surface area contributed by atoms with E-state index in [1.54, 1.807) is 6.20 Å². The highest BCUT2D eigenvalue weighted by Gasteiger charge is 2.25. The van der Waals surface area contributed by atoms with Crippen molar-refractivity contribution in [1.82, 2.24) is 15.2 Å². The van der Waals surface area contributed by atoms with Gasteiger partial charge in [0.15, 0.2) is 0 Å². The van der Waals surface area contributed by atoms with Crippen LogP contribution in [0.4, 0.5) is 0 Å². The number of carbonyl (C=O) groups is 1. The van der Waals surface area contributed by atoms with Crippen molar-refractivity contribution in [3.05, 3.63) is 42.1 Å². The second-order valence-corrected chi connectivity index (χ2v) is 5.89. The second kappa shape index (κ2) is 9.82. The fourth-order valence-corrected chi connectivity index (χ4v) is 3.18. The van der Waals surface area contributed by atoms with Gasteiger partial charge in [-0.05, 0) is 56.6 Å². The van der Waals surface area contributed by atoms with Gasteiger partial charge in [0.25, 0.3) is 5.91 Å². The minimum atomic E-state index is 0. The van der Waals surface area contributed by atoms with Crippen LogP contribution in [0.25, 0.3) is 10.9 Å². The molecule has 1 aliphatic heterocycles. The van der Waals surface area contributed by atoms with Gasteiger partial charge in [-0.15, -0.1) is 24.8 Å². The van der Waals surface area contributed by atoms with E-state index in [-0.39, 0.29) is 30.7 Å². The molecule has 0 spiro atoms. The first kappa shape index (κ1) is 20.7. The number of pyridine rings is 1. The Balaban J connectivity index is 0.00000144. The Morgan fingerprint density at radius 1 is 1.25 bits per heavy atom. The Bertz CT molecular complexity index is 660. The van der Waals surface area contributed by atoms with E-state index in [4.69, 9.17) is 0 Å². The Kier molecular flexibility index (Phi) is 8.46. The number of rotatable bonds is 4. The summed E-state index contributed by atoms with van der Waals surface area (Å²) >= 11 is 0. The van der Waals surface area contributed by atoms with Crippen LogP contribution in [-0.2, 0) is 0 Å². The molecule has 4 nitrogen and oxygen atoms in total. The van der Waals surface area contributed by atoms with E-state index in [1.807, 2.05) is 30.3 Å². The minimum absolute atomic E-state index is 0. The van der Waals surface area contributed by atoms with Crippen LogP contribution in [0.3, 0.4) is 0 Å². The molecular formula is C18H25Cl2N3O. The van der Waals surface area contributed by atoms with E-state index in [2.05, 4.69) is 22.1 Å². The number of piperidine rings is 1. The molecular weight excluding hydrogens is 345 g/mol. The normalized spacial score (nSPS) is 14.5. The zero-order valence-electron chi connectivity index (χ0n) is 13.9. The SMILES string of the molecule is CCCN(C(=O)c1ccc2ncccc2c1)C1CCNCC1.Cl.Cl. The van der Waals surface area contributed by atoms with Crippen molar-refractivity contribution in [2.45, 2.75) is 32.2 Å². The molecule has 1 N–H and O–H groups in total. The molecule has 6 heteroatoms. The van der Waals surface area contributed by atoms with E-state index >= 15 is 0 Å². The number of halogens is 2. The van der Waals surface area contributed by atoms with Crippen LogP contribution in [0.15, 0.2) is 36.5 Å². The predicted octanol–water partition coefficient (Wildman–Crippen LogP) is 3.68. The van der Waals surface area contributed by atoms with Crippen LogP contribution in [0.1, 0.15) is 36.5 Å². The van der Waals surface area contributed by atoms with Crippen molar-refractivity contribution in [2.75, 3.05) is 19.6 Å². The fraction of sp³-hybridized carbons (Fsp3) is 0.444. The summed E-state index contributed by atoms with van der Waals surface area (Å²) in [6.07, 6.45) is 4.86. The minimum Gasteiger partial charge on any atom is -0.336 e. The van der Waals surface area contributed by atoms with Gasteiger partial charge in [0.2, 0.25) is 0 Å². The van der Waals surface area contributed by atoms with E-state index in [0.29, 0.717) is 6.04 Å². The van der Waals surface area contributed by atoms with Crippen molar-refractivity contribution < 1.29 is 4.79 Å². The Morgan fingerprint density at radius 2 is 2.00 bits per heavy atom. The number of carbonyl (C=O) groups excluding carboxylic acids is 1. The summed E-state index contributed by atoms with van der Waals surface area (Å²) < 4.78 is 0. The van der Waals surface area contributed by atoms with Crippen LogP contribution in [0.2, 0.25) is 0 Å². The van der Waals surface area contributed by atoms with Gasteiger partial charge < -0.3 is 10.2 Å². The second-order valence-electron chi connectivity index (χ2n) is 5.89. The molecule has 1 aliphatic rings. The van der Waals surface area contributed by atoms with Gasteiger partial charge in [0.05, 0.1) is 5.52 Å². The largest absolute Gasteiger partial charge is 0.336 e. The van der Waals surface area contributed by atoms with Crippen molar-refractivity contribution >= 4 is 41.6 Å². The van der Waals surface area contributed by atoms with Gasteiger partial charge >= 0.3 is 0 Å². The Labute approximate surface area is 155 Å². The van der Waals surface area contributed by atoms with Gasteiger partial charge in [0.1, 0.15) is 0 Å². The lowest BCUT2D eigenvalue weighted by Gasteiger charge is -2.34. The zero-order chi connectivity index (χ0) is 15.4. The first-order valence-electron chi connectivity index (χ1n) is 8.16. The molecule has 1 aromatic carbocycles. The predicted molar refractivity (Wildman–Crippen MR) is 103 cm³/mol. The lowest BCUT2D eigenvalue weighted by atomic mass is 10.0. The number of nitrogens with one attached hydrogen (secondary N) is 1. The Hall–Kier alpha value is -1.36. The lowest BCUT2D eigenvalue weighted by Crippen LogP contribution is -2.46. The van der Waals surface area contributed by atoms with Gasteiger partial charge in [-0.1, -0.05) is 13.0 Å². The molecule has 0 aliphatic carbocycles. The monoisotopic (exact) mass is 369 g/mol. The van der Waals surface area contributed by atoms with E-state index in [0.717, 1.165) is 55.4 Å². The number of fused-ring (bicyclic) bond motifs is 1. The maximum atomic E-state index is 13.0. The summed E-state index contributed by atoms with van der Waals surface area (Å²) in [7, 11) is 0. The molecule has 2 aromatic rings. The molecule has 2 heterocycles. The third-order valence-electron chi connectivity index (χ3n) is 4.32. The smallest absolute Gasteiger partial charge is 0.254 e. The van der Waals surface area contributed by atoms with Crippen molar-refractivity contribution in [3.8, 4) is 0 Å². The number of nitrogens with zero attached hydrogens (tertiary/aromatic N) is 2. The van der Waals surface area contributed by atoms with Gasteiger partial charge in [0, 0.05) is 29.7 Å². The maximum absolute atomic E-state index is 13.0. The van der Waals surface area contributed by atoms with Crippen LogP contribution in [0, 0.1) is 0 Å².